The van der Waals surface area contributed by atoms with E-state index in [0.29, 0.717) is 12.3 Å². The number of nitrogens with zero attached hydrogens (tertiary/aromatic N) is 1. The van der Waals surface area contributed by atoms with Crippen LogP contribution >= 0.6 is 11.6 Å². The molecule has 0 unspecified atom stereocenters. The fraction of sp³-hybridized carbons (Fsp3) is 0.458. The molecule has 150 valence electrons. The Morgan fingerprint density at radius 3 is 2.36 bits per heavy atom. The van der Waals surface area contributed by atoms with E-state index >= 15 is 0 Å². The molecule has 28 heavy (non-hydrogen) atoms. The Morgan fingerprint density at radius 1 is 1.04 bits per heavy atom. The third-order valence-corrected chi connectivity index (χ3v) is 6.00. The quantitative estimate of drug-likeness (QED) is 0.500. The first-order chi connectivity index (χ1) is 13.6. The van der Waals surface area contributed by atoms with Gasteiger partial charge in [-0.1, -0.05) is 60.2 Å². The second-order valence-corrected chi connectivity index (χ2v) is 8.28. The molecule has 1 heterocycles. The average molecular weight is 399 g/mol. The third-order valence-electron chi connectivity index (χ3n) is 5.73. The Kier molecular flexibility index (Phi) is 7.52. The van der Waals surface area contributed by atoms with Gasteiger partial charge in [-0.05, 0) is 43.7 Å². The first kappa shape index (κ1) is 20.9. The van der Waals surface area contributed by atoms with E-state index in [0.717, 1.165) is 45.3 Å². The highest BCUT2D eigenvalue weighted by Crippen LogP contribution is 2.34. The lowest BCUT2D eigenvalue weighted by Crippen LogP contribution is -2.52. The molecule has 1 N–H and O–H groups in total. The van der Waals surface area contributed by atoms with Crippen molar-refractivity contribution in [2.24, 2.45) is 0 Å². The van der Waals surface area contributed by atoms with Gasteiger partial charge in [0, 0.05) is 31.9 Å². The van der Waals surface area contributed by atoms with Crippen LogP contribution in [0.2, 0.25) is 0 Å². The summed E-state index contributed by atoms with van der Waals surface area (Å²) in [5, 5.41) is 3.40. The predicted molar refractivity (Wildman–Crippen MR) is 117 cm³/mol. The largest absolute Gasteiger partial charge is 0.346 e. The summed E-state index contributed by atoms with van der Waals surface area (Å²) in [5.41, 5.74) is 3.55. The maximum Gasteiger partial charge on any atom is 0.220 e. The summed E-state index contributed by atoms with van der Waals surface area (Å²) in [6, 6.07) is 19.3. The Labute approximate surface area is 174 Å². The van der Waals surface area contributed by atoms with Crippen LogP contribution in [0.3, 0.4) is 0 Å². The molecular weight excluding hydrogens is 368 g/mol. The van der Waals surface area contributed by atoms with Gasteiger partial charge in [0.25, 0.3) is 0 Å². The molecule has 0 aromatic heterocycles. The summed E-state index contributed by atoms with van der Waals surface area (Å²) in [7, 11) is 0. The maximum atomic E-state index is 12.6. The zero-order valence-corrected chi connectivity index (χ0v) is 17.5. The van der Waals surface area contributed by atoms with Gasteiger partial charge in [0.2, 0.25) is 5.91 Å². The van der Waals surface area contributed by atoms with Crippen LogP contribution in [0, 0.1) is 6.92 Å². The van der Waals surface area contributed by atoms with Crippen LogP contribution in [0.5, 0.6) is 0 Å². The monoisotopic (exact) mass is 398 g/mol. The molecule has 0 aliphatic carbocycles. The fourth-order valence-corrected chi connectivity index (χ4v) is 4.19. The van der Waals surface area contributed by atoms with Gasteiger partial charge in [-0.3, -0.25) is 9.69 Å². The molecule has 0 bridgehead atoms. The van der Waals surface area contributed by atoms with Gasteiger partial charge in [-0.15, -0.1) is 11.6 Å². The molecule has 3 rings (SSSR count). The number of hydrogen-bond acceptors (Lipinski definition) is 2. The number of amides is 1. The normalized spacial score (nSPS) is 16.6. The summed E-state index contributed by atoms with van der Waals surface area (Å²) in [6.07, 6.45) is 4.15. The van der Waals surface area contributed by atoms with Gasteiger partial charge < -0.3 is 5.32 Å². The van der Waals surface area contributed by atoms with E-state index in [-0.39, 0.29) is 11.4 Å². The topological polar surface area (TPSA) is 32.3 Å². The van der Waals surface area contributed by atoms with E-state index in [4.69, 9.17) is 11.6 Å². The summed E-state index contributed by atoms with van der Waals surface area (Å²) in [5.74, 6) is 0.757. The van der Waals surface area contributed by atoms with Crippen LogP contribution in [0.15, 0.2) is 54.6 Å². The lowest BCUT2D eigenvalue weighted by molar-refractivity contribution is -0.124. The molecule has 0 spiro atoms. The molecule has 2 aromatic carbocycles. The molecule has 1 aliphatic heterocycles. The van der Waals surface area contributed by atoms with Crippen molar-refractivity contribution in [1.29, 1.82) is 0 Å². The fourth-order valence-electron chi connectivity index (χ4n) is 4.00. The van der Waals surface area contributed by atoms with Crippen molar-refractivity contribution >= 4 is 17.5 Å². The second-order valence-electron chi connectivity index (χ2n) is 7.90. The van der Waals surface area contributed by atoms with Gasteiger partial charge in [0.1, 0.15) is 0 Å². The number of piperidine rings is 1. The molecule has 4 heteroatoms. The first-order valence-electron chi connectivity index (χ1n) is 10.3. The third kappa shape index (κ3) is 5.59. The van der Waals surface area contributed by atoms with E-state index in [9.17, 15) is 4.79 Å². The molecule has 1 aliphatic rings. The second kappa shape index (κ2) is 10.1. The minimum absolute atomic E-state index is 0.141. The van der Waals surface area contributed by atoms with E-state index in [1.807, 2.05) is 0 Å². The van der Waals surface area contributed by atoms with Crippen molar-refractivity contribution in [1.82, 2.24) is 10.2 Å². The van der Waals surface area contributed by atoms with Crippen molar-refractivity contribution in [3.8, 4) is 0 Å². The number of unbranched alkanes of at least 4 members (excludes halogenated alkanes) is 1. The molecule has 3 nitrogen and oxygen atoms in total. The molecule has 1 amide bonds. The summed E-state index contributed by atoms with van der Waals surface area (Å²) >= 11 is 5.76. The lowest BCUT2D eigenvalue weighted by Gasteiger charge is -2.43. The lowest BCUT2D eigenvalue weighted by atomic mass is 9.80. The van der Waals surface area contributed by atoms with Crippen LogP contribution in [0.4, 0.5) is 0 Å². The number of benzene rings is 2. The van der Waals surface area contributed by atoms with Crippen molar-refractivity contribution in [2.75, 3.05) is 19.0 Å². The van der Waals surface area contributed by atoms with Crippen LogP contribution in [-0.2, 0) is 16.9 Å². The van der Waals surface area contributed by atoms with Crippen LogP contribution in [0.1, 0.15) is 48.8 Å². The highest BCUT2D eigenvalue weighted by atomic mass is 35.5. The number of hydrogen-bond donors (Lipinski definition) is 1. The van der Waals surface area contributed by atoms with E-state index in [1.165, 1.54) is 16.7 Å². The smallest absolute Gasteiger partial charge is 0.220 e. The van der Waals surface area contributed by atoms with Gasteiger partial charge >= 0.3 is 0 Å². The maximum absolute atomic E-state index is 12.6. The first-order valence-corrected chi connectivity index (χ1v) is 10.9. The number of nitrogens with one attached hydrogen (secondary N) is 1. The Balaban J connectivity index is 1.69. The number of rotatable bonds is 8. The standard InChI is InChI=1S/C24H31ClN2O/c1-20-10-12-22(13-11-20)24(26-23(28)9-5-6-16-25)14-17-27(18-15-24)19-21-7-3-2-4-8-21/h2-4,7-8,10-13H,5-6,9,14-19H2,1H3,(H,26,28). The highest BCUT2D eigenvalue weighted by Gasteiger charge is 2.37. The van der Waals surface area contributed by atoms with Gasteiger partial charge in [-0.2, -0.15) is 0 Å². The molecule has 1 fully saturated rings. The van der Waals surface area contributed by atoms with Crippen molar-refractivity contribution in [2.45, 2.75) is 51.1 Å². The molecule has 0 radical (unpaired) electrons. The number of likely N-dealkylation sites (tertiary alicyclic amines) is 1. The summed E-state index contributed by atoms with van der Waals surface area (Å²) in [4.78, 5) is 15.1. The number of aryl methyl sites for hydroxylation is 1. The van der Waals surface area contributed by atoms with Gasteiger partial charge in [0.15, 0.2) is 0 Å². The summed E-state index contributed by atoms with van der Waals surface area (Å²) < 4.78 is 0. The molecule has 1 saturated heterocycles. The van der Waals surface area contributed by atoms with Crippen LogP contribution < -0.4 is 5.32 Å². The molecule has 2 aromatic rings. The summed E-state index contributed by atoms with van der Waals surface area (Å²) in [6.45, 7) is 5.02. The number of carbonyl (C=O) groups excluding carboxylic acids is 1. The number of halogens is 1. The molecular formula is C24H31ClN2O. The Bertz CT molecular complexity index is 737. The zero-order chi connectivity index (χ0) is 19.8. The Morgan fingerprint density at radius 2 is 1.71 bits per heavy atom. The van der Waals surface area contributed by atoms with Crippen LogP contribution in [0.25, 0.3) is 0 Å². The molecule has 0 atom stereocenters. The van der Waals surface area contributed by atoms with E-state index in [1.54, 1.807) is 0 Å². The number of carbonyl (C=O) groups is 1. The van der Waals surface area contributed by atoms with Crippen molar-refractivity contribution in [3.05, 3.63) is 71.3 Å². The van der Waals surface area contributed by atoms with Crippen molar-refractivity contribution in [3.63, 3.8) is 0 Å². The van der Waals surface area contributed by atoms with Gasteiger partial charge in [-0.25, -0.2) is 0 Å². The Hall–Kier alpha value is -1.84. The highest BCUT2D eigenvalue weighted by molar-refractivity contribution is 6.17. The molecule has 0 saturated carbocycles. The zero-order valence-electron chi connectivity index (χ0n) is 16.8. The van der Waals surface area contributed by atoms with Gasteiger partial charge in [0.05, 0.1) is 5.54 Å². The predicted octanol–water partition coefficient (Wildman–Crippen LogP) is 5.01. The van der Waals surface area contributed by atoms with E-state index in [2.05, 4.69) is 71.7 Å². The SMILES string of the molecule is Cc1ccc(C2(NC(=O)CCCCCl)CCN(Cc3ccccc3)CC2)cc1. The van der Waals surface area contributed by atoms with E-state index < -0.39 is 0 Å². The van der Waals surface area contributed by atoms with Crippen LogP contribution in [-0.4, -0.2) is 29.8 Å². The van der Waals surface area contributed by atoms with Crippen molar-refractivity contribution < 1.29 is 4.79 Å². The minimum atomic E-state index is -0.265. The minimum Gasteiger partial charge on any atom is -0.346 e. The number of alkyl halides is 1. The average Bonchev–Trinajstić information content (AvgIpc) is 2.71.